The molecule has 94 valence electrons. The highest BCUT2D eigenvalue weighted by molar-refractivity contribution is 7.18. The lowest BCUT2D eigenvalue weighted by atomic mass is 10.0. The maximum atomic E-state index is 11.7. The average Bonchev–Trinajstić information content (AvgIpc) is 2.63. The number of carboxylic acid groups (broad SMARTS) is 1. The first-order chi connectivity index (χ1) is 7.90. The molecule has 1 amide bonds. The van der Waals surface area contributed by atoms with Crippen molar-refractivity contribution in [1.82, 2.24) is 5.32 Å². The summed E-state index contributed by atoms with van der Waals surface area (Å²) in [6.45, 7) is 3.81. The fourth-order valence-electron chi connectivity index (χ4n) is 1.36. The van der Waals surface area contributed by atoms with Crippen molar-refractivity contribution in [2.75, 3.05) is 0 Å². The molecular formula is C11H14ClNO3S. The summed E-state index contributed by atoms with van der Waals surface area (Å²) < 4.78 is 0.505. The number of rotatable bonds is 5. The summed E-state index contributed by atoms with van der Waals surface area (Å²) in [7, 11) is 0. The normalized spacial score (nSPS) is 12.5. The summed E-state index contributed by atoms with van der Waals surface area (Å²) in [5.41, 5.74) is 0. The number of hydrogen-bond acceptors (Lipinski definition) is 3. The lowest BCUT2D eigenvalue weighted by molar-refractivity contribution is -0.139. The van der Waals surface area contributed by atoms with Crippen molar-refractivity contribution in [3.8, 4) is 0 Å². The fourth-order valence-corrected chi connectivity index (χ4v) is 2.30. The Morgan fingerprint density at radius 2 is 2.12 bits per heavy atom. The van der Waals surface area contributed by atoms with E-state index in [0.717, 1.165) is 11.3 Å². The molecule has 0 saturated carbocycles. The standard InChI is InChI=1S/C11H14ClNO3S/c1-6(2)5-7(11(15)16)13-10(14)8-3-4-9(12)17-8/h3-4,6-7H,5H2,1-2H3,(H,13,14)(H,15,16)/t7-/m0/s1. The van der Waals surface area contributed by atoms with Crippen LogP contribution in [0.5, 0.6) is 0 Å². The van der Waals surface area contributed by atoms with Crippen molar-refractivity contribution in [1.29, 1.82) is 0 Å². The molecule has 4 nitrogen and oxygen atoms in total. The highest BCUT2D eigenvalue weighted by Gasteiger charge is 2.22. The molecule has 6 heteroatoms. The first-order valence-electron chi connectivity index (χ1n) is 5.19. The molecule has 0 spiro atoms. The predicted molar refractivity (Wildman–Crippen MR) is 67.7 cm³/mol. The number of carboxylic acids is 1. The van der Waals surface area contributed by atoms with Gasteiger partial charge in [-0.05, 0) is 24.5 Å². The Morgan fingerprint density at radius 3 is 2.53 bits per heavy atom. The van der Waals surface area contributed by atoms with Crippen molar-refractivity contribution >= 4 is 34.8 Å². The molecule has 1 aromatic rings. The third-order valence-electron chi connectivity index (χ3n) is 2.11. The molecule has 0 aliphatic rings. The molecule has 1 heterocycles. The molecule has 17 heavy (non-hydrogen) atoms. The number of carbonyl (C=O) groups is 2. The van der Waals surface area contributed by atoms with Gasteiger partial charge in [0.2, 0.25) is 0 Å². The monoisotopic (exact) mass is 275 g/mol. The van der Waals surface area contributed by atoms with E-state index in [4.69, 9.17) is 16.7 Å². The van der Waals surface area contributed by atoms with E-state index in [9.17, 15) is 9.59 Å². The molecule has 1 rings (SSSR count). The maximum Gasteiger partial charge on any atom is 0.326 e. The van der Waals surface area contributed by atoms with E-state index in [1.54, 1.807) is 12.1 Å². The van der Waals surface area contributed by atoms with E-state index in [1.807, 2.05) is 13.8 Å². The number of carbonyl (C=O) groups excluding carboxylic acids is 1. The Balaban J connectivity index is 2.67. The van der Waals surface area contributed by atoms with Crippen LogP contribution in [0.25, 0.3) is 0 Å². The third kappa shape index (κ3) is 4.36. The minimum Gasteiger partial charge on any atom is -0.480 e. The number of hydrogen-bond donors (Lipinski definition) is 2. The Labute approximate surface area is 109 Å². The summed E-state index contributed by atoms with van der Waals surface area (Å²) in [6, 6.07) is 2.33. The zero-order valence-electron chi connectivity index (χ0n) is 9.57. The van der Waals surface area contributed by atoms with E-state index in [1.165, 1.54) is 0 Å². The van der Waals surface area contributed by atoms with Gasteiger partial charge in [0.05, 0.1) is 9.21 Å². The number of nitrogens with one attached hydrogen (secondary N) is 1. The van der Waals surface area contributed by atoms with Gasteiger partial charge in [0.15, 0.2) is 0 Å². The van der Waals surface area contributed by atoms with E-state index in [2.05, 4.69) is 5.32 Å². The number of amides is 1. The Hall–Kier alpha value is -1.07. The predicted octanol–water partition coefficient (Wildman–Crippen LogP) is 2.63. The zero-order valence-corrected chi connectivity index (χ0v) is 11.1. The second-order valence-electron chi connectivity index (χ2n) is 4.10. The minimum atomic E-state index is -1.02. The van der Waals surface area contributed by atoms with Gasteiger partial charge >= 0.3 is 5.97 Å². The molecule has 0 saturated heterocycles. The van der Waals surface area contributed by atoms with Crippen LogP contribution in [-0.2, 0) is 4.79 Å². The molecule has 0 unspecified atom stereocenters. The first-order valence-corrected chi connectivity index (χ1v) is 6.38. The molecule has 0 radical (unpaired) electrons. The molecule has 0 aromatic carbocycles. The number of halogens is 1. The van der Waals surface area contributed by atoms with Crippen molar-refractivity contribution in [3.05, 3.63) is 21.3 Å². The van der Waals surface area contributed by atoms with Gasteiger partial charge in [-0.2, -0.15) is 0 Å². The molecule has 1 atom stereocenters. The van der Waals surface area contributed by atoms with Gasteiger partial charge in [-0.1, -0.05) is 25.4 Å². The highest BCUT2D eigenvalue weighted by atomic mass is 35.5. The van der Waals surface area contributed by atoms with Crippen molar-refractivity contribution in [2.45, 2.75) is 26.3 Å². The quantitative estimate of drug-likeness (QED) is 0.868. The smallest absolute Gasteiger partial charge is 0.326 e. The summed E-state index contributed by atoms with van der Waals surface area (Å²) >= 11 is 6.84. The molecular weight excluding hydrogens is 262 g/mol. The van der Waals surface area contributed by atoms with Crippen molar-refractivity contribution in [2.24, 2.45) is 5.92 Å². The van der Waals surface area contributed by atoms with E-state index in [0.29, 0.717) is 15.6 Å². The van der Waals surface area contributed by atoms with E-state index in [-0.39, 0.29) is 5.92 Å². The van der Waals surface area contributed by atoms with Gasteiger partial charge in [0.25, 0.3) is 5.91 Å². The van der Waals surface area contributed by atoms with Crippen LogP contribution in [0.4, 0.5) is 0 Å². The van der Waals surface area contributed by atoms with Gasteiger partial charge in [-0.15, -0.1) is 11.3 Å². The molecule has 2 N–H and O–H groups in total. The topological polar surface area (TPSA) is 66.4 Å². The van der Waals surface area contributed by atoms with Gasteiger partial charge in [-0.3, -0.25) is 4.79 Å². The van der Waals surface area contributed by atoms with Gasteiger partial charge in [0.1, 0.15) is 6.04 Å². The molecule has 1 aromatic heterocycles. The second-order valence-corrected chi connectivity index (χ2v) is 5.81. The number of aliphatic carboxylic acids is 1. The van der Waals surface area contributed by atoms with Crippen LogP contribution in [0.1, 0.15) is 29.9 Å². The minimum absolute atomic E-state index is 0.198. The summed E-state index contributed by atoms with van der Waals surface area (Å²) in [6.07, 6.45) is 0.403. The molecule has 0 aliphatic carbocycles. The van der Waals surface area contributed by atoms with Crippen LogP contribution in [0.3, 0.4) is 0 Å². The van der Waals surface area contributed by atoms with Gasteiger partial charge in [0, 0.05) is 0 Å². The molecule has 0 bridgehead atoms. The van der Waals surface area contributed by atoms with Crippen LogP contribution in [0, 0.1) is 5.92 Å². The Bertz CT molecular complexity index is 417. The van der Waals surface area contributed by atoms with Crippen molar-refractivity contribution in [3.63, 3.8) is 0 Å². The van der Waals surface area contributed by atoms with Crippen LogP contribution in [-0.4, -0.2) is 23.0 Å². The highest BCUT2D eigenvalue weighted by Crippen LogP contribution is 2.21. The molecule has 0 aliphatic heterocycles. The maximum absolute atomic E-state index is 11.7. The first kappa shape index (κ1) is 14.0. The summed E-state index contributed by atoms with van der Waals surface area (Å²) in [5, 5.41) is 11.5. The second kappa shape index (κ2) is 6.02. The summed E-state index contributed by atoms with van der Waals surface area (Å²) in [5.74, 6) is -1.21. The SMILES string of the molecule is CC(C)C[C@H](NC(=O)c1ccc(Cl)s1)C(=O)O. The van der Waals surface area contributed by atoms with Crippen LogP contribution >= 0.6 is 22.9 Å². The number of thiophene rings is 1. The average molecular weight is 276 g/mol. The lowest BCUT2D eigenvalue weighted by Gasteiger charge is -2.15. The van der Waals surface area contributed by atoms with E-state index < -0.39 is 17.9 Å². The van der Waals surface area contributed by atoms with Crippen molar-refractivity contribution < 1.29 is 14.7 Å². The Kier molecular flexibility index (Phi) is 4.96. The van der Waals surface area contributed by atoms with Crippen LogP contribution in [0.15, 0.2) is 12.1 Å². The van der Waals surface area contributed by atoms with E-state index >= 15 is 0 Å². The lowest BCUT2D eigenvalue weighted by Crippen LogP contribution is -2.41. The summed E-state index contributed by atoms with van der Waals surface area (Å²) in [4.78, 5) is 23.1. The molecule has 0 fully saturated rings. The Morgan fingerprint density at radius 1 is 1.47 bits per heavy atom. The third-order valence-corrected chi connectivity index (χ3v) is 3.34. The zero-order chi connectivity index (χ0) is 13.0. The largest absolute Gasteiger partial charge is 0.480 e. The van der Waals surface area contributed by atoms with Crippen LogP contribution in [0.2, 0.25) is 4.34 Å². The van der Waals surface area contributed by atoms with Crippen LogP contribution < -0.4 is 5.32 Å². The fraction of sp³-hybridized carbons (Fsp3) is 0.455. The van der Waals surface area contributed by atoms with Gasteiger partial charge < -0.3 is 10.4 Å². The van der Waals surface area contributed by atoms with Gasteiger partial charge in [-0.25, -0.2) is 4.79 Å².